The Hall–Kier alpha value is -1.92. The molecule has 27 heavy (non-hydrogen) atoms. The molecule has 0 aromatic heterocycles. The van der Waals surface area contributed by atoms with Crippen molar-refractivity contribution in [1.82, 2.24) is 0 Å². The van der Waals surface area contributed by atoms with Crippen molar-refractivity contribution in [3.8, 4) is 0 Å². The molecule has 0 spiro atoms. The van der Waals surface area contributed by atoms with E-state index < -0.39 is 0 Å². The molecular formula is C21H18Br2N2O2. The number of rotatable bonds is 4. The highest BCUT2D eigenvalue weighted by Gasteiger charge is 2.51. The summed E-state index contributed by atoms with van der Waals surface area (Å²) < 4.78 is 1.91. The lowest BCUT2D eigenvalue weighted by Crippen LogP contribution is -2.39. The molecule has 4 nitrogen and oxygen atoms in total. The number of hydrogen-bond acceptors (Lipinski definition) is 2. The molecule has 2 amide bonds. The summed E-state index contributed by atoms with van der Waals surface area (Å²) in [5, 5.41) is 5.94. The molecule has 0 heterocycles. The first-order chi connectivity index (χ1) is 13.0. The van der Waals surface area contributed by atoms with Crippen LogP contribution in [-0.2, 0) is 9.59 Å². The number of carbonyl (C=O) groups is 2. The number of amides is 2. The molecule has 2 aromatic carbocycles. The zero-order chi connectivity index (χ0) is 19.0. The summed E-state index contributed by atoms with van der Waals surface area (Å²) in [5.74, 6) is -0.648. The minimum atomic E-state index is -0.348. The van der Waals surface area contributed by atoms with Crippen LogP contribution in [0.4, 0.5) is 11.4 Å². The molecule has 138 valence electrons. The summed E-state index contributed by atoms with van der Waals surface area (Å²) in [5.41, 5.74) is 1.48. The van der Waals surface area contributed by atoms with Crippen LogP contribution in [0.3, 0.4) is 0 Å². The van der Waals surface area contributed by atoms with Gasteiger partial charge in [-0.1, -0.05) is 44.0 Å². The summed E-state index contributed by atoms with van der Waals surface area (Å²) in [7, 11) is 0. The molecule has 0 radical (unpaired) electrons. The number of halogens is 2. The van der Waals surface area contributed by atoms with E-state index in [4.69, 9.17) is 0 Å². The van der Waals surface area contributed by atoms with E-state index in [1.165, 1.54) is 0 Å². The number of anilines is 2. The monoisotopic (exact) mass is 488 g/mol. The fourth-order valence-electron chi connectivity index (χ4n) is 4.05. The fourth-order valence-corrected chi connectivity index (χ4v) is 4.58. The molecule has 6 heteroatoms. The Balaban J connectivity index is 1.51. The van der Waals surface area contributed by atoms with Gasteiger partial charge in [-0.3, -0.25) is 9.59 Å². The number of allylic oxidation sites excluding steroid dienone is 2. The predicted octanol–water partition coefficient (Wildman–Crippen LogP) is 5.23. The van der Waals surface area contributed by atoms with E-state index in [1.807, 2.05) is 48.5 Å². The van der Waals surface area contributed by atoms with Crippen molar-refractivity contribution in [3.63, 3.8) is 0 Å². The topological polar surface area (TPSA) is 58.2 Å². The quantitative estimate of drug-likeness (QED) is 0.578. The Labute approximate surface area is 174 Å². The van der Waals surface area contributed by atoms with Gasteiger partial charge in [-0.25, -0.2) is 0 Å². The molecule has 4 atom stereocenters. The summed E-state index contributed by atoms with van der Waals surface area (Å²) >= 11 is 6.78. The third-order valence-electron chi connectivity index (χ3n) is 5.29. The van der Waals surface area contributed by atoms with E-state index in [2.05, 4.69) is 54.6 Å². The maximum atomic E-state index is 13.0. The van der Waals surface area contributed by atoms with Crippen molar-refractivity contribution >= 4 is 55.0 Å². The zero-order valence-corrected chi connectivity index (χ0v) is 17.5. The predicted molar refractivity (Wildman–Crippen MR) is 113 cm³/mol. The zero-order valence-electron chi connectivity index (χ0n) is 14.4. The van der Waals surface area contributed by atoms with Crippen molar-refractivity contribution in [1.29, 1.82) is 0 Å². The van der Waals surface area contributed by atoms with Crippen LogP contribution in [0.5, 0.6) is 0 Å². The Morgan fingerprint density at radius 2 is 1.07 bits per heavy atom. The van der Waals surface area contributed by atoms with Crippen LogP contribution in [0.2, 0.25) is 0 Å². The minimum absolute atomic E-state index is 0.0925. The van der Waals surface area contributed by atoms with Crippen LogP contribution in [0.25, 0.3) is 0 Å². The van der Waals surface area contributed by atoms with Gasteiger partial charge in [0.15, 0.2) is 0 Å². The third-order valence-corrected chi connectivity index (χ3v) is 6.35. The van der Waals surface area contributed by atoms with Crippen molar-refractivity contribution in [2.24, 2.45) is 23.7 Å². The second-order valence-corrected chi connectivity index (χ2v) is 8.82. The van der Waals surface area contributed by atoms with Crippen LogP contribution in [0.1, 0.15) is 6.42 Å². The third kappa shape index (κ3) is 3.87. The Morgan fingerprint density at radius 1 is 0.704 bits per heavy atom. The van der Waals surface area contributed by atoms with Crippen molar-refractivity contribution in [2.75, 3.05) is 10.6 Å². The summed E-state index contributed by atoms with van der Waals surface area (Å²) in [4.78, 5) is 25.9. The van der Waals surface area contributed by atoms with Crippen LogP contribution < -0.4 is 10.6 Å². The van der Waals surface area contributed by atoms with Gasteiger partial charge < -0.3 is 10.6 Å². The standard InChI is InChI=1S/C21H18Br2N2O2/c22-14-3-7-16(8-4-14)24-20(26)18-12-1-2-13(11-12)19(18)21(27)25-17-9-5-15(23)6-10-17/h1-10,12-13,18-19H,11H2,(H,24,26)(H,25,27)/t12-,13+,18-,19-/m0/s1. The Kier molecular flexibility index (Phi) is 5.19. The van der Waals surface area contributed by atoms with Gasteiger partial charge in [-0.05, 0) is 66.8 Å². The first-order valence-electron chi connectivity index (χ1n) is 8.82. The highest BCUT2D eigenvalue weighted by Crippen LogP contribution is 2.48. The van der Waals surface area contributed by atoms with Crippen molar-refractivity contribution in [2.45, 2.75) is 6.42 Å². The van der Waals surface area contributed by atoms with Gasteiger partial charge in [-0.2, -0.15) is 0 Å². The Morgan fingerprint density at radius 3 is 1.44 bits per heavy atom. The van der Waals surface area contributed by atoms with E-state index >= 15 is 0 Å². The fraction of sp³-hybridized carbons (Fsp3) is 0.238. The average molecular weight is 490 g/mol. The van der Waals surface area contributed by atoms with Gasteiger partial charge in [0.05, 0.1) is 11.8 Å². The van der Waals surface area contributed by atoms with Gasteiger partial charge >= 0.3 is 0 Å². The average Bonchev–Trinajstić information content (AvgIpc) is 3.27. The molecule has 4 rings (SSSR count). The molecule has 1 saturated carbocycles. The van der Waals surface area contributed by atoms with Gasteiger partial charge in [0, 0.05) is 20.3 Å². The highest BCUT2D eigenvalue weighted by molar-refractivity contribution is 9.10. The smallest absolute Gasteiger partial charge is 0.228 e. The molecule has 2 N–H and O–H groups in total. The summed E-state index contributed by atoms with van der Waals surface area (Å²) in [6.07, 6.45) is 5.02. The minimum Gasteiger partial charge on any atom is -0.326 e. The SMILES string of the molecule is O=C(Nc1ccc(Br)cc1)[C@@H]1[C@@H](C(=O)Nc2ccc(Br)cc2)[C@H]2C=C[C@@H]1C2. The number of hydrogen-bond donors (Lipinski definition) is 2. The largest absolute Gasteiger partial charge is 0.326 e. The van der Waals surface area contributed by atoms with E-state index in [-0.39, 0.29) is 35.5 Å². The van der Waals surface area contributed by atoms with E-state index in [0.29, 0.717) is 0 Å². The molecule has 0 unspecified atom stereocenters. The Bertz CT molecular complexity index is 820. The lowest BCUT2D eigenvalue weighted by Gasteiger charge is -2.26. The van der Waals surface area contributed by atoms with Crippen molar-refractivity contribution in [3.05, 3.63) is 69.6 Å². The van der Waals surface area contributed by atoms with Gasteiger partial charge in [-0.15, -0.1) is 0 Å². The highest BCUT2D eigenvalue weighted by atomic mass is 79.9. The van der Waals surface area contributed by atoms with E-state index in [0.717, 1.165) is 26.7 Å². The van der Waals surface area contributed by atoms with Gasteiger partial charge in [0.1, 0.15) is 0 Å². The molecular weight excluding hydrogens is 472 g/mol. The van der Waals surface area contributed by atoms with Gasteiger partial charge in [0.25, 0.3) is 0 Å². The number of fused-ring (bicyclic) bond motifs is 2. The number of nitrogens with one attached hydrogen (secondary N) is 2. The van der Waals surface area contributed by atoms with Crippen molar-refractivity contribution < 1.29 is 9.59 Å². The normalized spacial score (nSPS) is 25.4. The molecule has 2 bridgehead atoms. The molecule has 2 aromatic rings. The van der Waals surface area contributed by atoms with Gasteiger partial charge in [0.2, 0.25) is 11.8 Å². The van der Waals surface area contributed by atoms with Crippen LogP contribution >= 0.6 is 31.9 Å². The van der Waals surface area contributed by atoms with Crippen LogP contribution in [-0.4, -0.2) is 11.8 Å². The lowest BCUT2D eigenvalue weighted by molar-refractivity contribution is -0.129. The lowest BCUT2D eigenvalue weighted by atomic mass is 9.81. The van der Waals surface area contributed by atoms with Crippen LogP contribution in [0, 0.1) is 23.7 Å². The first-order valence-corrected chi connectivity index (χ1v) is 10.4. The molecule has 0 aliphatic heterocycles. The van der Waals surface area contributed by atoms with E-state index in [9.17, 15) is 9.59 Å². The second-order valence-electron chi connectivity index (χ2n) is 6.99. The second kappa shape index (κ2) is 7.60. The molecule has 2 aliphatic carbocycles. The summed E-state index contributed by atoms with van der Waals surface area (Å²) in [6.45, 7) is 0. The molecule has 1 fully saturated rings. The number of carbonyl (C=O) groups excluding carboxylic acids is 2. The number of benzene rings is 2. The van der Waals surface area contributed by atoms with Crippen LogP contribution in [0.15, 0.2) is 69.6 Å². The summed E-state index contributed by atoms with van der Waals surface area (Å²) in [6, 6.07) is 14.9. The molecule has 2 aliphatic rings. The maximum absolute atomic E-state index is 13.0. The maximum Gasteiger partial charge on any atom is 0.228 e. The molecule has 0 saturated heterocycles. The van der Waals surface area contributed by atoms with E-state index in [1.54, 1.807) is 0 Å². The first kappa shape index (κ1) is 18.4.